The fourth-order valence-electron chi connectivity index (χ4n) is 1.52. The number of rotatable bonds is 4. The van der Waals surface area contributed by atoms with Crippen molar-refractivity contribution in [2.24, 2.45) is 0 Å². The highest BCUT2D eigenvalue weighted by Crippen LogP contribution is 2.20. The number of carbonyl (C=O) groups is 1. The Hall–Kier alpha value is -1.81. The quantitative estimate of drug-likeness (QED) is 0.858. The summed E-state index contributed by atoms with van der Waals surface area (Å²) >= 11 is 1.71. The van der Waals surface area contributed by atoms with E-state index in [9.17, 15) is 4.79 Å². The lowest BCUT2D eigenvalue weighted by Gasteiger charge is -2.01. The van der Waals surface area contributed by atoms with E-state index < -0.39 is 0 Å². The smallest absolute Gasteiger partial charge is 0.244 e. The Kier molecular flexibility index (Phi) is 3.99. The highest BCUT2D eigenvalue weighted by atomic mass is 32.1. The van der Waals surface area contributed by atoms with Gasteiger partial charge in [-0.25, -0.2) is 0 Å². The Morgan fingerprint density at radius 1 is 1.50 bits per heavy atom. The number of hydrogen-bond acceptors (Lipinski definition) is 3. The first-order chi connectivity index (χ1) is 8.66. The van der Waals surface area contributed by atoms with Crippen LogP contribution >= 0.6 is 11.3 Å². The number of carbonyl (C=O) groups excluding carboxylic acids is 1. The molecule has 0 aliphatic rings. The monoisotopic (exact) mass is 261 g/mol. The van der Waals surface area contributed by atoms with Crippen molar-refractivity contribution in [2.75, 3.05) is 0 Å². The third-order valence-corrected chi connectivity index (χ3v) is 3.85. The Bertz CT molecular complexity index is 552. The van der Waals surface area contributed by atoms with Crippen molar-refractivity contribution in [2.45, 2.75) is 20.4 Å². The van der Waals surface area contributed by atoms with E-state index in [1.807, 2.05) is 0 Å². The highest BCUT2D eigenvalue weighted by Gasteiger charge is 2.04. The van der Waals surface area contributed by atoms with Gasteiger partial charge in [-0.1, -0.05) is 0 Å². The molecular formula is C14H15NO2S. The van der Waals surface area contributed by atoms with E-state index in [-0.39, 0.29) is 5.91 Å². The molecule has 2 aromatic rings. The maximum Gasteiger partial charge on any atom is 0.244 e. The minimum absolute atomic E-state index is 0.116. The molecule has 2 rings (SSSR count). The second-order valence-corrected chi connectivity index (χ2v) is 5.09. The zero-order valence-electron chi connectivity index (χ0n) is 10.4. The summed E-state index contributed by atoms with van der Waals surface area (Å²) in [6.07, 6.45) is 4.71. The molecule has 18 heavy (non-hydrogen) atoms. The SMILES string of the molecule is Cc1scc(CNC(=O)/C=C/c2ccco2)c1C. The van der Waals surface area contributed by atoms with Crippen molar-refractivity contribution in [1.29, 1.82) is 0 Å². The predicted octanol–water partition coefficient (Wildman–Crippen LogP) is 3.29. The van der Waals surface area contributed by atoms with Crippen LogP contribution in [0.5, 0.6) is 0 Å². The molecule has 0 saturated heterocycles. The second kappa shape index (κ2) is 5.69. The van der Waals surface area contributed by atoms with Gasteiger partial charge in [0.05, 0.1) is 6.26 Å². The number of amides is 1. The second-order valence-electron chi connectivity index (χ2n) is 4.01. The first kappa shape index (κ1) is 12.6. The maximum atomic E-state index is 11.6. The molecule has 0 aliphatic carbocycles. The van der Waals surface area contributed by atoms with Crippen molar-refractivity contribution < 1.29 is 9.21 Å². The molecule has 0 fully saturated rings. The number of thiophene rings is 1. The molecule has 1 N–H and O–H groups in total. The van der Waals surface area contributed by atoms with Gasteiger partial charge in [-0.2, -0.15) is 0 Å². The third-order valence-electron chi connectivity index (χ3n) is 2.78. The van der Waals surface area contributed by atoms with Crippen LogP contribution in [0.2, 0.25) is 0 Å². The average molecular weight is 261 g/mol. The number of nitrogens with one attached hydrogen (secondary N) is 1. The van der Waals surface area contributed by atoms with Gasteiger partial charge in [-0.05, 0) is 48.6 Å². The molecule has 0 bridgehead atoms. The van der Waals surface area contributed by atoms with E-state index in [0.717, 1.165) is 0 Å². The normalized spacial score (nSPS) is 11.0. The molecule has 0 unspecified atom stereocenters. The van der Waals surface area contributed by atoms with Gasteiger partial charge in [0.15, 0.2) is 0 Å². The average Bonchev–Trinajstić information content (AvgIpc) is 2.97. The summed E-state index contributed by atoms with van der Waals surface area (Å²) in [5.74, 6) is 0.558. The molecule has 0 radical (unpaired) electrons. The Balaban J connectivity index is 1.87. The molecule has 0 aliphatic heterocycles. The van der Waals surface area contributed by atoms with Gasteiger partial charge in [0.1, 0.15) is 5.76 Å². The van der Waals surface area contributed by atoms with Crippen LogP contribution < -0.4 is 5.32 Å². The van der Waals surface area contributed by atoms with Crippen LogP contribution in [-0.2, 0) is 11.3 Å². The highest BCUT2D eigenvalue weighted by molar-refractivity contribution is 7.10. The standard InChI is InChI=1S/C14H15NO2S/c1-10-11(2)18-9-12(10)8-15-14(16)6-5-13-4-3-7-17-13/h3-7,9H,8H2,1-2H3,(H,15,16)/b6-5+. The molecule has 0 atom stereocenters. The van der Waals surface area contributed by atoms with Crippen LogP contribution in [-0.4, -0.2) is 5.91 Å². The summed E-state index contributed by atoms with van der Waals surface area (Å²) in [5, 5.41) is 4.94. The van der Waals surface area contributed by atoms with Crippen molar-refractivity contribution >= 4 is 23.3 Å². The van der Waals surface area contributed by atoms with Gasteiger partial charge in [-0.3, -0.25) is 4.79 Å². The molecule has 2 aromatic heterocycles. The number of hydrogen-bond donors (Lipinski definition) is 1. The zero-order chi connectivity index (χ0) is 13.0. The molecule has 94 valence electrons. The molecule has 0 spiro atoms. The minimum Gasteiger partial charge on any atom is -0.465 e. The fourth-order valence-corrected chi connectivity index (χ4v) is 2.41. The van der Waals surface area contributed by atoms with Gasteiger partial charge in [0.2, 0.25) is 5.91 Å². The van der Waals surface area contributed by atoms with Gasteiger partial charge >= 0.3 is 0 Å². The number of furan rings is 1. The minimum atomic E-state index is -0.116. The Labute approximate surface area is 110 Å². The van der Waals surface area contributed by atoms with Crippen LogP contribution in [0.4, 0.5) is 0 Å². The van der Waals surface area contributed by atoms with Crippen LogP contribution in [0.1, 0.15) is 21.8 Å². The lowest BCUT2D eigenvalue weighted by atomic mass is 10.2. The van der Waals surface area contributed by atoms with Crippen molar-refractivity contribution in [3.8, 4) is 0 Å². The van der Waals surface area contributed by atoms with E-state index in [0.29, 0.717) is 12.3 Å². The van der Waals surface area contributed by atoms with Crippen LogP contribution in [0.15, 0.2) is 34.3 Å². The third kappa shape index (κ3) is 3.11. The largest absolute Gasteiger partial charge is 0.465 e. The maximum absolute atomic E-state index is 11.6. The summed E-state index contributed by atoms with van der Waals surface area (Å²) < 4.78 is 5.10. The van der Waals surface area contributed by atoms with E-state index in [1.54, 1.807) is 35.8 Å². The number of aryl methyl sites for hydroxylation is 1. The van der Waals surface area contributed by atoms with E-state index in [2.05, 4.69) is 24.5 Å². The predicted molar refractivity (Wildman–Crippen MR) is 73.4 cm³/mol. The summed E-state index contributed by atoms with van der Waals surface area (Å²) in [6.45, 7) is 4.73. The molecule has 1 amide bonds. The summed E-state index contributed by atoms with van der Waals surface area (Å²) in [7, 11) is 0. The molecular weight excluding hydrogens is 246 g/mol. The molecule has 0 saturated carbocycles. The van der Waals surface area contributed by atoms with E-state index in [4.69, 9.17) is 4.42 Å². The van der Waals surface area contributed by atoms with Crippen molar-refractivity contribution in [3.63, 3.8) is 0 Å². The summed E-state index contributed by atoms with van der Waals surface area (Å²) in [4.78, 5) is 12.9. The molecule has 2 heterocycles. The van der Waals surface area contributed by atoms with Crippen LogP contribution in [0.3, 0.4) is 0 Å². The molecule has 0 aromatic carbocycles. The van der Waals surface area contributed by atoms with E-state index >= 15 is 0 Å². The van der Waals surface area contributed by atoms with Crippen LogP contribution in [0.25, 0.3) is 6.08 Å². The van der Waals surface area contributed by atoms with Crippen LogP contribution in [0, 0.1) is 13.8 Å². The lowest BCUT2D eigenvalue weighted by molar-refractivity contribution is -0.116. The summed E-state index contributed by atoms with van der Waals surface area (Å²) in [6, 6.07) is 3.59. The van der Waals surface area contributed by atoms with Gasteiger partial charge in [0.25, 0.3) is 0 Å². The molecule has 4 heteroatoms. The summed E-state index contributed by atoms with van der Waals surface area (Å²) in [5.41, 5.74) is 2.44. The first-order valence-electron chi connectivity index (χ1n) is 5.70. The Morgan fingerprint density at radius 3 is 2.94 bits per heavy atom. The topological polar surface area (TPSA) is 42.2 Å². The van der Waals surface area contributed by atoms with Crippen molar-refractivity contribution in [3.05, 3.63) is 51.6 Å². The lowest BCUT2D eigenvalue weighted by Crippen LogP contribution is -2.20. The first-order valence-corrected chi connectivity index (χ1v) is 6.58. The van der Waals surface area contributed by atoms with Gasteiger partial charge in [0, 0.05) is 17.5 Å². The van der Waals surface area contributed by atoms with Crippen molar-refractivity contribution in [1.82, 2.24) is 5.32 Å². The van der Waals surface area contributed by atoms with Gasteiger partial charge < -0.3 is 9.73 Å². The molecule has 3 nitrogen and oxygen atoms in total. The Morgan fingerprint density at radius 2 is 2.33 bits per heavy atom. The fraction of sp³-hybridized carbons (Fsp3) is 0.214. The van der Waals surface area contributed by atoms with E-state index in [1.165, 1.54) is 22.1 Å². The zero-order valence-corrected chi connectivity index (χ0v) is 11.2. The van der Waals surface area contributed by atoms with Gasteiger partial charge in [-0.15, -0.1) is 11.3 Å².